The van der Waals surface area contributed by atoms with Crippen LogP contribution >= 0.6 is 0 Å². The number of hydrogen-bond acceptors (Lipinski definition) is 6. The Balaban J connectivity index is 1.35. The van der Waals surface area contributed by atoms with Crippen LogP contribution in [0.15, 0.2) is 30.5 Å². The van der Waals surface area contributed by atoms with Crippen molar-refractivity contribution in [2.45, 2.75) is 71.6 Å². The standard InChI is InChI=1S/C26H35N5O3/c1-5-11-31(25(33)34-26(2,3)4)17-23(32)30-12-10-22-20(16-30)15-27-24(29-22)28-21-13-18-8-6-7-9-19(18)14-21/h6-9,15,21H,5,10-14,16-17H2,1-4H3,(H,27,28,29). The molecule has 1 aromatic carbocycles. The fourth-order valence-electron chi connectivity index (χ4n) is 4.54. The predicted molar refractivity (Wildman–Crippen MR) is 131 cm³/mol. The van der Waals surface area contributed by atoms with Crippen molar-refractivity contribution >= 4 is 17.9 Å². The van der Waals surface area contributed by atoms with Gasteiger partial charge in [0.2, 0.25) is 11.9 Å². The Bertz CT molecular complexity index is 1020. The molecule has 1 aliphatic carbocycles. The number of nitrogens with zero attached hydrogens (tertiary/aromatic N) is 4. The lowest BCUT2D eigenvalue weighted by Gasteiger charge is -2.31. The number of amides is 2. The van der Waals surface area contributed by atoms with Gasteiger partial charge in [-0.3, -0.25) is 9.69 Å². The number of rotatable bonds is 6. The largest absolute Gasteiger partial charge is 0.444 e. The van der Waals surface area contributed by atoms with Crippen molar-refractivity contribution in [3.63, 3.8) is 0 Å². The Labute approximate surface area is 201 Å². The zero-order valence-corrected chi connectivity index (χ0v) is 20.6. The first-order valence-corrected chi connectivity index (χ1v) is 12.2. The number of anilines is 1. The average molecular weight is 466 g/mol. The number of carbonyl (C=O) groups excluding carboxylic acids is 2. The summed E-state index contributed by atoms with van der Waals surface area (Å²) in [5, 5.41) is 3.48. The maximum absolute atomic E-state index is 13.0. The molecule has 2 aliphatic rings. The predicted octanol–water partition coefficient (Wildman–Crippen LogP) is 3.59. The highest BCUT2D eigenvalue weighted by Crippen LogP contribution is 2.24. The number of hydrogen-bond donors (Lipinski definition) is 1. The summed E-state index contributed by atoms with van der Waals surface area (Å²) in [6.07, 6.45) is 4.75. The fourth-order valence-corrected chi connectivity index (χ4v) is 4.54. The molecule has 4 rings (SSSR count). The lowest BCUT2D eigenvalue weighted by molar-refractivity contribution is -0.133. The Morgan fingerprint density at radius 2 is 1.88 bits per heavy atom. The normalized spacial score (nSPS) is 15.5. The Morgan fingerprint density at radius 3 is 2.53 bits per heavy atom. The molecule has 0 fully saturated rings. The van der Waals surface area contributed by atoms with Crippen molar-refractivity contribution in [1.29, 1.82) is 0 Å². The summed E-state index contributed by atoms with van der Waals surface area (Å²) in [6, 6.07) is 8.83. The van der Waals surface area contributed by atoms with E-state index in [1.165, 1.54) is 16.0 Å². The molecule has 34 heavy (non-hydrogen) atoms. The molecule has 0 atom stereocenters. The van der Waals surface area contributed by atoms with Crippen molar-refractivity contribution in [2.75, 3.05) is 25.0 Å². The number of fused-ring (bicyclic) bond motifs is 2. The van der Waals surface area contributed by atoms with Crippen molar-refractivity contribution in [1.82, 2.24) is 19.8 Å². The van der Waals surface area contributed by atoms with Crippen LogP contribution < -0.4 is 5.32 Å². The van der Waals surface area contributed by atoms with Crippen LogP contribution in [0.1, 0.15) is 56.5 Å². The second-order valence-corrected chi connectivity index (χ2v) is 10.2. The number of benzene rings is 1. The van der Waals surface area contributed by atoms with Gasteiger partial charge in [0.1, 0.15) is 12.1 Å². The summed E-state index contributed by atoms with van der Waals surface area (Å²) in [7, 11) is 0. The topological polar surface area (TPSA) is 87.7 Å². The van der Waals surface area contributed by atoms with Gasteiger partial charge in [0.05, 0.1) is 5.69 Å². The Hall–Kier alpha value is -3.16. The molecule has 2 amide bonds. The molecule has 0 spiro atoms. The van der Waals surface area contributed by atoms with Gasteiger partial charge >= 0.3 is 6.09 Å². The zero-order chi connectivity index (χ0) is 24.3. The highest BCUT2D eigenvalue weighted by Gasteiger charge is 2.28. The number of ether oxygens (including phenoxy) is 1. The second kappa shape index (κ2) is 9.99. The van der Waals surface area contributed by atoms with E-state index in [1.807, 2.05) is 33.9 Å². The van der Waals surface area contributed by atoms with Gasteiger partial charge in [-0.15, -0.1) is 0 Å². The first-order chi connectivity index (χ1) is 16.2. The van der Waals surface area contributed by atoms with Crippen molar-refractivity contribution in [3.05, 3.63) is 52.8 Å². The van der Waals surface area contributed by atoms with Gasteiger partial charge in [-0.2, -0.15) is 0 Å². The van der Waals surface area contributed by atoms with E-state index in [1.54, 1.807) is 4.90 Å². The summed E-state index contributed by atoms with van der Waals surface area (Å²) >= 11 is 0. The average Bonchev–Trinajstić information content (AvgIpc) is 3.19. The van der Waals surface area contributed by atoms with E-state index in [0.29, 0.717) is 38.0 Å². The van der Waals surface area contributed by atoms with E-state index >= 15 is 0 Å². The van der Waals surface area contributed by atoms with Gasteiger partial charge in [0.15, 0.2) is 0 Å². The number of carbonyl (C=O) groups is 2. The monoisotopic (exact) mass is 465 g/mol. The SMILES string of the molecule is CCCN(CC(=O)N1CCc2nc(NC3Cc4ccccc4C3)ncc2C1)C(=O)OC(C)(C)C. The molecule has 0 saturated carbocycles. The molecule has 8 heteroatoms. The first kappa shape index (κ1) is 24.0. The molecule has 0 radical (unpaired) electrons. The van der Waals surface area contributed by atoms with Crippen LogP contribution in [0.4, 0.5) is 10.7 Å². The highest BCUT2D eigenvalue weighted by atomic mass is 16.6. The molecule has 2 aromatic rings. The van der Waals surface area contributed by atoms with E-state index in [0.717, 1.165) is 30.5 Å². The van der Waals surface area contributed by atoms with Crippen molar-refractivity contribution in [2.24, 2.45) is 0 Å². The van der Waals surface area contributed by atoms with Crippen LogP contribution in [0, 0.1) is 0 Å². The third-order valence-electron chi connectivity index (χ3n) is 6.14. The molecule has 0 bridgehead atoms. The van der Waals surface area contributed by atoms with E-state index in [9.17, 15) is 9.59 Å². The molecule has 0 unspecified atom stereocenters. The fraction of sp³-hybridized carbons (Fsp3) is 0.538. The molecule has 1 aromatic heterocycles. The minimum absolute atomic E-state index is 0.0147. The lowest BCUT2D eigenvalue weighted by atomic mass is 10.1. The minimum Gasteiger partial charge on any atom is -0.444 e. The van der Waals surface area contributed by atoms with Gasteiger partial charge in [-0.25, -0.2) is 14.8 Å². The van der Waals surface area contributed by atoms with Crippen LogP contribution in [-0.4, -0.2) is 63.0 Å². The Morgan fingerprint density at radius 1 is 1.18 bits per heavy atom. The van der Waals surface area contributed by atoms with E-state index in [4.69, 9.17) is 9.72 Å². The lowest BCUT2D eigenvalue weighted by Crippen LogP contribution is -2.46. The molecule has 1 N–H and O–H groups in total. The quantitative estimate of drug-likeness (QED) is 0.702. The van der Waals surface area contributed by atoms with Crippen LogP contribution in [0.5, 0.6) is 0 Å². The molecule has 8 nitrogen and oxygen atoms in total. The summed E-state index contributed by atoms with van der Waals surface area (Å²) in [5.41, 5.74) is 4.11. The van der Waals surface area contributed by atoms with E-state index < -0.39 is 11.7 Å². The van der Waals surface area contributed by atoms with Crippen molar-refractivity contribution in [3.8, 4) is 0 Å². The smallest absolute Gasteiger partial charge is 0.410 e. The number of aromatic nitrogens is 2. The van der Waals surface area contributed by atoms with E-state index in [2.05, 4.69) is 34.6 Å². The van der Waals surface area contributed by atoms with Gasteiger partial charge < -0.3 is 15.0 Å². The minimum atomic E-state index is -0.597. The first-order valence-electron chi connectivity index (χ1n) is 12.2. The van der Waals surface area contributed by atoms with Crippen LogP contribution in [-0.2, 0) is 35.3 Å². The molecule has 0 saturated heterocycles. The maximum Gasteiger partial charge on any atom is 0.410 e. The van der Waals surface area contributed by atoms with Gasteiger partial charge in [0.25, 0.3) is 0 Å². The zero-order valence-electron chi connectivity index (χ0n) is 20.6. The molecule has 2 heterocycles. The molecule has 182 valence electrons. The summed E-state index contributed by atoms with van der Waals surface area (Å²) in [6.45, 7) is 8.98. The third kappa shape index (κ3) is 5.85. The van der Waals surface area contributed by atoms with Crippen LogP contribution in [0.2, 0.25) is 0 Å². The van der Waals surface area contributed by atoms with Crippen molar-refractivity contribution < 1.29 is 14.3 Å². The third-order valence-corrected chi connectivity index (χ3v) is 6.14. The van der Waals surface area contributed by atoms with Crippen LogP contribution in [0.25, 0.3) is 0 Å². The molecular formula is C26H35N5O3. The van der Waals surface area contributed by atoms with Gasteiger partial charge in [-0.1, -0.05) is 31.2 Å². The maximum atomic E-state index is 13.0. The van der Waals surface area contributed by atoms with Gasteiger partial charge in [-0.05, 0) is 51.2 Å². The Kier molecular flexibility index (Phi) is 7.05. The summed E-state index contributed by atoms with van der Waals surface area (Å²) in [5.74, 6) is 0.561. The summed E-state index contributed by atoms with van der Waals surface area (Å²) < 4.78 is 5.47. The highest BCUT2D eigenvalue weighted by molar-refractivity contribution is 5.82. The molecular weight excluding hydrogens is 430 g/mol. The molecule has 1 aliphatic heterocycles. The summed E-state index contributed by atoms with van der Waals surface area (Å²) in [4.78, 5) is 38.1. The van der Waals surface area contributed by atoms with Gasteiger partial charge in [0, 0.05) is 43.9 Å². The van der Waals surface area contributed by atoms with Crippen LogP contribution in [0.3, 0.4) is 0 Å². The van der Waals surface area contributed by atoms with E-state index in [-0.39, 0.29) is 12.5 Å². The second-order valence-electron chi connectivity index (χ2n) is 10.2. The number of nitrogens with one attached hydrogen (secondary N) is 1.